The molecule has 0 spiro atoms. The highest BCUT2D eigenvalue weighted by Gasteiger charge is 2.24. The molecule has 0 fully saturated rings. The van der Waals surface area contributed by atoms with Gasteiger partial charge in [-0.15, -0.1) is 0 Å². The van der Waals surface area contributed by atoms with Crippen LogP contribution in [0.1, 0.15) is 12.5 Å². The number of rotatable bonds is 6. The second-order valence-corrected chi connectivity index (χ2v) is 7.44. The summed E-state index contributed by atoms with van der Waals surface area (Å²) >= 11 is 5.72. The van der Waals surface area contributed by atoms with Crippen LogP contribution in [0.2, 0.25) is 5.15 Å². The van der Waals surface area contributed by atoms with E-state index in [0.29, 0.717) is 11.7 Å². The van der Waals surface area contributed by atoms with Crippen molar-refractivity contribution in [3.8, 4) is 0 Å². The van der Waals surface area contributed by atoms with Crippen molar-refractivity contribution in [2.75, 3.05) is 7.05 Å². The number of benzene rings is 1. The maximum atomic E-state index is 12.4. The minimum atomic E-state index is -3.74. The lowest BCUT2D eigenvalue weighted by atomic mass is 10.2. The Morgan fingerprint density at radius 3 is 2.50 bits per heavy atom. The monoisotopic (exact) mass is 367 g/mol. The Hall–Kier alpha value is -1.96. The smallest absolute Gasteiger partial charge is 0.241 e. The van der Waals surface area contributed by atoms with Gasteiger partial charge in [0.2, 0.25) is 15.9 Å². The fourth-order valence-corrected chi connectivity index (χ4v) is 3.46. The summed E-state index contributed by atoms with van der Waals surface area (Å²) in [5.41, 5.74) is 0.799. The van der Waals surface area contributed by atoms with Crippen LogP contribution >= 0.6 is 11.6 Å². The number of carbonyl (C=O) groups excluding carboxylic acids is 1. The van der Waals surface area contributed by atoms with E-state index in [4.69, 9.17) is 11.6 Å². The summed E-state index contributed by atoms with van der Waals surface area (Å²) in [6.07, 6.45) is 1.57. The van der Waals surface area contributed by atoms with Crippen LogP contribution in [0.15, 0.2) is 53.6 Å². The number of amides is 1. The molecule has 1 aromatic carbocycles. The molecule has 0 saturated heterocycles. The van der Waals surface area contributed by atoms with Crippen LogP contribution in [0, 0.1) is 0 Å². The second kappa shape index (κ2) is 7.74. The summed E-state index contributed by atoms with van der Waals surface area (Å²) in [5, 5.41) is 0.372. The molecule has 8 heteroatoms. The quantitative estimate of drug-likeness (QED) is 0.792. The molecule has 1 aromatic heterocycles. The van der Waals surface area contributed by atoms with E-state index in [1.165, 1.54) is 24.0 Å². The molecule has 128 valence electrons. The number of hydrogen-bond donors (Lipinski definition) is 1. The van der Waals surface area contributed by atoms with Crippen LogP contribution < -0.4 is 4.72 Å². The number of nitrogens with zero attached hydrogens (tertiary/aromatic N) is 2. The molecular formula is C16H18ClN3O3S. The molecule has 0 aliphatic rings. The fraction of sp³-hybridized carbons (Fsp3) is 0.250. The van der Waals surface area contributed by atoms with Crippen molar-refractivity contribution in [3.63, 3.8) is 0 Å². The van der Waals surface area contributed by atoms with Crippen molar-refractivity contribution >= 4 is 27.5 Å². The van der Waals surface area contributed by atoms with Gasteiger partial charge in [0.25, 0.3) is 0 Å². The summed E-state index contributed by atoms with van der Waals surface area (Å²) < 4.78 is 26.9. The van der Waals surface area contributed by atoms with Crippen LogP contribution in [-0.2, 0) is 21.4 Å². The molecule has 0 aliphatic heterocycles. The van der Waals surface area contributed by atoms with Gasteiger partial charge < -0.3 is 4.90 Å². The van der Waals surface area contributed by atoms with Crippen molar-refractivity contribution in [1.29, 1.82) is 0 Å². The van der Waals surface area contributed by atoms with Gasteiger partial charge >= 0.3 is 0 Å². The molecule has 0 bridgehead atoms. The van der Waals surface area contributed by atoms with Gasteiger partial charge in [-0.1, -0.05) is 35.9 Å². The van der Waals surface area contributed by atoms with Crippen molar-refractivity contribution in [2.24, 2.45) is 0 Å². The number of sulfonamides is 1. The van der Waals surface area contributed by atoms with Crippen LogP contribution in [0.4, 0.5) is 0 Å². The Morgan fingerprint density at radius 1 is 1.25 bits per heavy atom. The van der Waals surface area contributed by atoms with Gasteiger partial charge in [0.05, 0.1) is 10.9 Å². The van der Waals surface area contributed by atoms with Gasteiger partial charge in [0.15, 0.2) is 0 Å². The van der Waals surface area contributed by atoms with E-state index in [1.54, 1.807) is 43.6 Å². The van der Waals surface area contributed by atoms with Gasteiger partial charge in [-0.05, 0) is 30.7 Å². The summed E-state index contributed by atoms with van der Waals surface area (Å²) in [6, 6.07) is 10.4. The lowest BCUT2D eigenvalue weighted by Gasteiger charge is -2.22. The number of aromatic nitrogens is 1. The zero-order chi connectivity index (χ0) is 17.7. The first-order valence-corrected chi connectivity index (χ1v) is 9.08. The van der Waals surface area contributed by atoms with Gasteiger partial charge in [-0.2, -0.15) is 4.72 Å². The Bertz CT molecular complexity index is 795. The van der Waals surface area contributed by atoms with Crippen LogP contribution in [0.3, 0.4) is 0 Å². The molecule has 1 heterocycles. The average molecular weight is 368 g/mol. The molecule has 1 atom stereocenters. The highest BCUT2D eigenvalue weighted by Crippen LogP contribution is 2.10. The van der Waals surface area contributed by atoms with Crippen LogP contribution in [-0.4, -0.2) is 37.3 Å². The van der Waals surface area contributed by atoms with Gasteiger partial charge in [0.1, 0.15) is 5.15 Å². The molecular weight excluding hydrogens is 350 g/mol. The number of nitrogens with one attached hydrogen (secondary N) is 1. The predicted octanol–water partition coefficient (Wildman–Crippen LogP) is 2.06. The standard InChI is InChI=1S/C16H18ClN3O3S/c1-12(19-24(22,23)14-6-4-3-5-7-14)16(21)20(2)11-13-8-9-15(17)18-10-13/h3-10,12,19H,11H2,1-2H3/t12-/m0/s1. The highest BCUT2D eigenvalue weighted by molar-refractivity contribution is 7.89. The SMILES string of the molecule is C[C@H](NS(=O)(=O)c1ccccc1)C(=O)N(C)Cc1ccc(Cl)nc1. The average Bonchev–Trinajstić information content (AvgIpc) is 2.56. The Balaban J connectivity index is 2.02. The molecule has 0 aliphatic carbocycles. The van der Waals surface area contributed by atoms with Gasteiger partial charge in [-0.3, -0.25) is 4.79 Å². The highest BCUT2D eigenvalue weighted by atomic mass is 35.5. The first-order valence-electron chi connectivity index (χ1n) is 7.22. The number of carbonyl (C=O) groups is 1. The minimum absolute atomic E-state index is 0.120. The van der Waals surface area contributed by atoms with Crippen molar-refractivity contribution in [2.45, 2.75) is 24.4 Å². The third kappa shape index (κ3) is 4.77. The maximum Gasteiger partial charge on any atom is 0.241 e. The summed E-state index contributed by atoms with van der Waals surface area (Å²) in [4.78, 5) is 17.9. The van der Waals surface area contributed by atoms with Crippen LogP contribution in [0.5, 0.6) is 0 Å². The largest absolute Gasteiger partial charge is 0.340 e. The molecule has 0 radical (unpaired) electrons. The fourth-order valence-electron chi connectivity index (χ4n) is 2.13. The minimum Gasteiger partial charge on any atom is -0.340 e. The number of hydrogen-bond acceptors (Lipinski definition) is 4. The van der Waals surface area contributed by atoms with Crippen molar-refractivity contribution in [1.82, 2.24) is 14.6 Å². The zero-order valence-corrected chi connectivity index (χ0v) is 14.9. The molecule has 24 heavy (non-hydrogen) atoms. The van der Waals surface area contributed by atoms with E-state index in [-0.39, 0.29) is 10.8 Å². The van der Waals surface area contributed by atoms with Crippen molar-refractivity contribution < 1.29 is 13.2 Å². The van der Waals surface area contributed by atoms with E-state index in [1.807, 2.05) is 0 Å². The van der Waals surface area contributed by atoms with E-state index < -0.39 is 16.1 Å². The molecule has 2 rings (SSSR count). The number of pyridine rings is 1. The summed E-state index contributed by atoms with van der Waals surface area (Å²) in [7, 11) is -2.14. The Labute approximate surface area is 146 Å². The Morgan fingerprint density at radius 2 is 1.92 bits per heavy atom. The van der Waals surface area contributed by atoms with E-state index >= 15 is 0 Å². The first kappa shape index (κ1) is 18.4. The van der Waals surface area contributed by atoms with E-state index in [0.717, 1.165) is 5.56 Å². The normalized spacial score (nSPS) is 12.6. The van der Waals surface area contributed by atoms with Crippen molar-refractivity contribution in [3.05, 3.63) is 59.4 Å². The predicted molar refractivity (Wildman–Crippen MR) is 91.9 cm³/mol. The third-order valence-electron chi connectivity index (χ3n) is 3.34. The number of likely N-dealkylation sites (N-methyl/N-ethyl adjacent to an activating group) is 1. The maximum absolute atomic E-state index is 12.4. The molecule has 0 unspecified atom stereocenters. The third-order valence-corrected chi connectivity index (χ3v) is 5.12. The number of halogens is 1. The topological polar surface area (TPSA) is 79.4 Å². The summed E-state index contributed by atoms with van der Waals surface area (Å²) in [6.45, 7) is 1.82. The van der Waals surface area contributed by atoms with E-state index in [9.17, 15) is 13.2 Å². The molecule has 0 saturated carbocycles. The Kier molecular flexibility index (Phi) is 5.93. The summed E-state index contributed by atoms with van der Waals surface area (Å²) in [5.74, 6) is -0.343. The van der Waals surface area contributed by atoms with E-state index in [2.05, 4.69) is 9.71 Å². The zero-order valence-electron chi connectivity index (χ0n) is 13.3. The molecule has 6 nitrogen and oxygen atoms in total. The van der Waals surface area contributed by atoms with Gasteiger partial charge in [0, 0.05) is 19.8 Å². The van der Waals surface area contributed by atoms with Gasteiger partial charge in [-0.25, -0.2) is 13.4 Å². The molecule has 1 N–H and O–H groups in total. The molecule has 1 amide bonds. The second-order valence-electron chi connectivity index (χ2n) is 5.34. The lowest BCUT2D eigenvalue weighted by Crippen LogP contribution is -2.45. The first-order chi connectivity index (χ1) is 11.3. The van der Waals surface area contributed by atoms with Crippen LogP contribution in [0.25, 0.3) is 0 Å². The molecule has 2 aromatic rings. The lowest BCUT2D eigenvalue weighted by molar-refractivity contribution is -0.131.